The third-order valence-electron chi connectivity index (χ3n) is 6.00. The largest absolute Gasteiger partial charge is 0.494 e. The molecule has 1 N–H and O–H groups in total. The van der Waals surface area contributed by atoms with Gasteiger partial charge < -0.3 is 14.6 Å². The minimum Gasteiger partial charge on any atom is -0.494 e. The Hall–Kier alpha value is -4.78. The summed E-state index contributed by atoms with van der Waals surface area (Å²) in [6, 6.07) is -1.16. The Morgan fingerprint density at radius 1 is 1.22 bits per heavy atom. The number of aromatic nitrogens is 5. The molecule has 10 nitrogen and oxygen atoms in total. The van der Waals surface area contributed by atoms with E-state index >= 15 is 0 Å². The van der Waals surface area contributed by atoms with E-state index in [9.17, 15) is 9.59 Å². The Labute approximate surface area is 227 Å². The van der Waals surface area contributed by atoms with Gasteiger partial charge in [0.25, 0.3) is 11.7 Å². The molecule has 3 aromatic heterocycles. The van der Waals surface area contributed by atoms with Crippen molar-refractivity contribution in [3.05, 3.63) is 82.4 Å². The van der Waals surface area contributed by atoms with Crippen molar-refractivity contribution in [3.8, 4) is 11.6 Å². The number of piperidine rings is 1. The molecule has 1 fully saturated rings. The molecule has 5 rings (SSSR count). The van der Waals surface area contributed by atoms with Gasteiger partial charge in [0.15, 0.2) is 11.5 Å². The first-order valence-electron chi connectivity index (χ1n) is 16.1. The Kier molecular flexibility index (Phi) is 3.85. The Bertz CT molecular complexity index is 1980. The molecule has 186 valence electrons. The number of aryl methyl sites for hydroxylation is 1. The molecule has 0 radical (unpaired) electrons. The number of rotatable bonds is 5. The van der Waals surface area contributed by atoms with E-state index in [1.807, 2.05) is 0 Å². The van der Waals surface area contributed by atoms with Gasteiger partial charge in [0.1, 0.15) is 17.9 Å². The maximum Gasteiger partial charge on any atom is 0.295 e. The summed E-state index contributed by atoms with van der Waals surface area (Å²) in [6.07, 6.45) is 3.51. The second kappa shape index (κ2) is 9.70. The molecule has 10 heteroatoms. The second-order valence-electron chi connectivity index (χ2n) is 8.20. The lowest BCUT2D eigenvalue weighted by Gasteiger charge is -2.28. The summed E-state index contributed by atoms with van der Waals surface area (Å²) in [6.45, 7) is 6.57. The summed E-state index contributed by atoms with van der Waals surface area (Å²) in [7, 11) is -2.95. The van der Waals surface area contributed by atoms with Gasteiger partial charge in [-0.15, -0.1) is 0 Å². The van der Waals surface area contributed by atoms with Crippen molar-refractivity contribution >= 4 is 28.3 Å². The highest BCUT2D eigenvalue weighted by molar-refractivity contribution is 6.45. The number of hydrogen-bond acceptors (Lipinski definition) is 6. The van der Waals surface area contributed by atoms with Gasteiger partial charge in [-0.2, -0.15) is 5.10 Å². The van der Waals surface area contributed by atoms with Crippen LogP contribution in [-0.4, -0.2) is 61.5 Å². The molecule has 0 spiro atoms. The average molecular weight is 506 g/mol. The van der Waals surface area contributed by atoms with Crippen LogP contribution in [0.3, 0.4) is 0 Å². The Morgan fingerprint density at radius 2 is 2.00 bits per heavy atom. The molecule has 0 atom stereocenters. The summed E-state index contributed by atoms with van der Waals surface area (Å²) in [5.74, 6) is -2.81. The number of carbonyl (C=O) groups excluding carboxylic acids is 2. The highest BCUT2D eigenvalue weighted by atomic mass is 16.5. The number of methoxy groups -OCH3 is 1. The van der Waals surface area contributed by atoms with Gasteiger partial charge in [-0.05, 0) is 32.2 Å². The van der Waals surface area contributed by atoms with E-state index in [2.05, 4.69) is 24.9 Å². The maximum atomic E-state index is 13.6. The van der Waals surface area contributed by atoms with Crippen LogP contribution in [0.4, 0.5) is 0 Å². The van der Waals surface area contributed by atoms with Crippen molar-refractivity contribution in [1.82, 2.24) is 29.6 Å². The quantitative estimate of drug-likeness (QED) is 0.250. The molecule has 0 aliphatic carbocycles. The fourth-order valence-electron chi connectivity index (χ4n) is 4.18. The van der Waals surface area contributed by atoms with E-state index < -0.39 is 31.4 Å². The number of pyridine rings is 1. The highest BCUT2D eigenvalue weighted by Gasteiger charge is 2.30. The first-order chi connectivity index (χ1) is 21.9. The predicted octanol–water partition coefficient (Wildman–Crippen LogP) is 3.90. The number of ketones is 1. The number of carbonyl (C=O) groups is 2. The minimum atomic E-state index is -2.95. The zero-order valence-corrected chi connectivity index (χ0v) is 19.5. The van der Waals surface area contributed by atoms with Crippen molar-refractivity contribution in [2.75, 3.05) is 20.1 Å². The molecule has 4 aromatic rings. The van der Waals surface area contributed by atoms with Crippen LogP contribution in [0, 0.1) is 20.3 Å². The van der Waals surface area contributed by atoms with Crippen LogP contribution in [0.25, 0.3) is 27.3 Å². The standard InChI is InChI=1S/C27H25N7O3/c1-16-5-7-18(8-6-16)23(28-3)19-9-11-33(12-10-19)27(36)25(35)20-13-29-24-22(20)21(37-4)14-30-26(24)34-15-31-17(2)32-34/h5-8,13-15,29H,9-12H2,1-2,4H3/i2D3,4D3,5D,6D,7D,8D. The van der Waals surface area contributed by atoms with E-state index in [1.165, 1.54) is 18.0 Å². The van der Waals surface area contributed by atoms with Gasteiger partial charge in [-0.25, -0.2) is 19.5 Å². The fourth-order valence-corrected chi connectivity index (χ4v) is 4.18. The number of nitrogens with zero attached hydrogens (tertiary/aromatic N) is 6. The topological polar surface area (TPSA) is 110 Å². The summed E-state index contributed by atoms with van der Waals surface area (Å²) < 4.78 is 84.3. The van der Waals surface area contributed by atoms with Crippen molar-refractivity contribution in [2.45, 2.75) is 26.6 Å². The summed E-state index contributed by atoms with van der Waals surface area (Å²) in [5.41, 5.74) is 0.310. The van der Waals surface area contributed by atoms with E-state index in [1.54, 1.807) is 0 Å². The number of Topliss-reactive ketones (excluding diaryl/α,β-unsaturated/α-hetero) is 1. The van der Waals surface area contributed by atoms with Crippen LogP contribution >= 0.6 is 0 Å². The number of benzene rings is 1. The van der Waals surface area contributed by atoms with Crippen LogP contribution in [-0.2, 0) is 4.79 Å². The zero-order valence-electron chi connectivity index (χ0n) is 29.5. The number of likely N-dealkylation sites (tertiary alicyclic amines) is 1. The molecule has 1 saturated heterocycles. The molecule has 1 amide bonds. The molecule has 37 heavy (non-hydrogen) atoms. The monoisotopic (exact) mass is 505 g/mol. The molecule has 0 saturated carbocycles. The molecule has 0 bridgehead atoms. The van der Waals surface area contributed by atoms with Crippen LogP contribution in [0.2, 0.25) is 0 Å². The highest BCUT2D eigenvalue weighted by Crippen LogP contribution is 2.33. The summed E-state index contributed by atoms with van der Waals surface area (Å²) >= 11 is 0. The van der Waals surface area contributed by atoms with E-state index in [0.717, 1.165) is 17.2 Å². The van der Waals surface area contributed by atoms with Crippen molar-refractivity contribution < 1.29 is 28.0 Å². The van der Waals surface area contributed by atoms with E-state index in [4.69, 9.17) is 25.0 Å². The number of nitrogens with one attached hydrogen (secondary N) is 1. The van der Waals surface area contributed by atoms with Gasteiger partial charge >= 0.3 is 0 Å². The third-order valence-corrected chi connectivity index (χ3v) is 6.00. The van der Waals surface area contributed by atoms with Crippen molar-refractivity contribution in [1.29, 1.82) is 0 Å². The predicted molar refractivity (Wildman–Crippen MR) is 137 cm³/mol. The van der Waals surface area contributed by atoms with Crippen LogP contribution in [0.1, 0.15) is 53.9 Å². The SMILES string of the molecule is [2H]c1c([2H])c(C([N+]#[C-])=C2CCN(C(=O)C(=O)c3c[nH]c4c(-n5cnc(C([2H])([2H])[2H])n5)ncc(OC([2H])([2H])[2H])c34)CC2)c([2H])c([2H])c1C. The lowest BCUT2D eigenvalue weighted by atomic mass is 9.97. The zero-order chi connectivity index (χ0) is 34.6. The summed E-state index contributed by atoms with van der Waals surface area (Å²) in [4.78, 5) is 42.6. The fraction of sp³-hybridized carbons (Fsp3) is 0.259. The second-order valence-corrected chi connectivity index (χ2v) is 8.20. The number of hydrogen-bond donors (Lipinski definition) is 1. The molecule has 1 aliphatic heterocycles. The molecule has 1 aliphatic rings. The number of aromatic amines is 1. The van der Waals surface area contributed by atoms with Gasteiger partial charge in [0, 0.05) is 23.4 Å². The van der Waals surface area contributed by atoms with E-state index in [-0.39, 0.29) is 95.0 Å². The average Bonchev–Trinajstić information content (AvgIpc) is 3.69. The van der Waals surface area contributed by atoms with Crippen LogP contribution in [0.5, 0.6) is 5.75 Å². The molecule has 0 unspecified atom stereocenters. The molecule has 4 heterocycles. The number of H-pyrrole nitrogens is 1. The Morgan fingerprint density at radius 3 is 2.68 bits per heavy atom. The normalized spacial score (nSPS) is 18.1. The van der Waals surface area contributed by atoms with Gasteiger partial charge in [0.05, 0.1) is 45.9 Å². The number of fused-ring (bicyclic) bond motifs is 1. The van der Waals surface area contributed by atoms with Crippen molar-refractivity contribution in [3.63, 3.8) is 0 Å². The maximum absolute atomic E-state index is 13.6. The first kappa shape index (κ1) is 14.7. The third kappa shape index (κ3) is 4.36. The summed E-state index contributed by atoms with van der Waals surface area (Å²) in [5, 5.41) is 3.82. The lowest BCUT2D eigenvalue weighted by molar-refractivity contribution is -0.126. The molecular formula is C27H25N7O3. The lowest BCUT2D eigenvalue weighted by Crippen LogP contribution is -2.40. The number of ether oxygens (including phenoxy) is 1. The van der Waals surface area contributed by atoms with E-state index in [0.29, 0.717) is 5.57 Å². The molecular weight excluding hydrogens is 470 g/mol. The van der Waals surface area contributed by atoms with Crippen LogP contribution in [0.15, 0.2) is 48.5 Å². The van der Waals surface area contributed by atoms with Gasteiger partial charge in [0.2, 0.25) is 0 Å². The smallest absolute Gasteiger partial charge is 0.295 e. The minimum absolute atomic E-state index is 0.00242. The van der Waals surface area contributed by atoms with Crippen LogP contribution < -0.4 is 4.74 Å². The first-order valence-corrected chi connectivity index (χ1v) is 11.1. The molecule has 1 aromatic carbocycles. The Balaban J connectivity index is 1.47. The van der Waals surface area contributed by atoms with Gasteiger partial charge in [-0.3, -0.25) is 9.59 Å². The number of amides is 1. The van der Waals surface area contributed by atoms with Crippen molar-refractivity contribution in [2.24, 2.45) is 0 Å². The van der Waals surface area contributed by atoms with Gasteiger partial charge in [-0.1, -0.05) is 35.3 Å².